The van der Waals surface area contributed by atoms with E-state index in [1.807, 2.05) is 12.1 Å². The van der Waals surface area contributed by atoms with Crippen molar-refractivity contribution >= 4 is 5.69 Å². The van der Waals surface area contributed by atoms with Gasteiger partial charge in [0, 0.05) is 31.4 Å². The Labute approximate surface area is 226 Å². The lowest BCUT2D eigenvalue weighted by Gasteiger charge is -2.32. The highest BCUT2D eigenvalue weighted by atomic mass is 16.5. The first-order valence-electron chi connectivity index (χ1n) is 13.9. The van der Waals surface area contributed by atoms with Crippen molar-refractivity contribution in [2.24, 2.45) is 0 Å². The summed E-state index contributed by atoms with van der Waals surface area (Å²) in [6.45, 7) is 5.36. The fourth-order valence-electron chi connectivity index (χ4n) is 5.89. The Bertz CT molecular complexity index is 1190. The van der Waals surface area contributed by atoms with E-state index < -0.39 is 0 Å². The number of aliphatic hydroxyl groups excluding tert-OH is 1. The molecule has 5 rings (SSSR count). The van der Waals surface area contributed by atoms with E-state index in [1.165, 1.54) is 48.2 Å². The molecule has 6 nitrogen and oxygen atoms in total. The third-order valence-electron chi connectivity index (χ3n) is 7.98. The van der Waals surface area contributed by atoms with Crippen molar-refractivity contribution in [2.75, 3.05) is 51.4 Å². The van der Waals surface area contributed by atoms with Crippen LogP contribution in [0.4, 0.5) is 5.69 Å². The number of hydrogen-bond donors (Lipinski definition) is 2. The van der Waals surface area contributed by atoms with Crippen LogP contribution < -0.4 is 14.4 Å². The number of likely N-dealkylation sites (tertiary alicyclic amines) is 1. The first kappa shape index (κ1) is 26.4. The largest absolute Gasteiger partial charge is 0.508 e. The highest BCUT2D eigenvalue weighted by Gasteiger charge is 2.25. The minimum Gasteiger partial charge on any atom is -0.508 e. The Balaban J connectivity index is 1.31. The first-order valence-corrected chi connectivity index (χ1v) is 13.9. The summed E-state index contributed by atoms with van der Waals surface area (Å²) in [5.41, 5.74) is 6.10. The first-order chi connectivity index (χ1) is 18.6. The topological polar surface area (TPSA) is 65.4 Å². The number of aliphatic hydroxyl groups is 1. The lowest BCUT2D eigenvalue weighted by molar-refractivity contribution is 0.238. The molecule has 2 aliphatic rings. The van der Waals surface area contributed by atoms with Crippen LogP contribution in [0.3, 0.4) is 0 Å². The van der Waals surface area contributed by atoms with E-state index >= 15 is 0 Å². The minimum atomic E-state index is 0.0706. The Morgan fingerprint density at radius 1 is 0.947 bits per heavy atom. The van der Waals surface area contributed by atoms with Gasteiger partial charge in [-0.1, -0.05) is 24.3 Å². The number of phenolic OH excluding ortho intramolecular Hbond substituents is 1. The summed E-state index contributed by atoms with van der Waals surface area (Å²) in [5, 5.41) is 19.9. The maximum absolute atomic E-state index is 9.97. The number of ether oxygens (including phenoxy) is 2. The van der Waals surface area contributed by atoms with Crippen LogP contribution >= 0.6 is 0 Å². The standard InChI is InChI=1S/C32H40N2O4/c1-37-30-12-13-31(27-7-6-26-21-28(36)9-8-25(26)20-27)32(22-30)34(16-18-35)23-24-4-10-29(11-5-24)38-19-17-33-14-2-3-15-33/h4-5,8-13,21-22,27,35-36H,2-3,6-7,14-20,23H2,1H3/t27-/m1/s1. The SMILES string of the molecule is COc1ccc([C@@H]2CCc3cc(O)ccc3C2)c(N(CCO)Cc2ccc(OCCN3CCCC3)cc2)c1. The third kappa shape index (κ3) is 6.43. The number of aryl methyl sites for hydroxylation is 1. The van der Waals surface area contributed by atoms with Gasteiger partial charge in [0.2, 0.25) is 0 Å². The van der Waals surface area contributed by atoms with E-state index in [0.717, 1.165) is 43.0 Å². The van der Waals surface area contributed by atoms with E-state index in [1.54, 1.807) is 13.2 Å². The number of nitrogens with zero attached hydrogens (tertiary/aromatic N) is 2. The van der Waals surface area contributed by atoms with Crippen molar-refractivity contribution in [3.63, 3.8) is 0 Å². The van der Waals surface area contributed by atoms with E-state index in [-0.39, 0.29) is 6.61 Å². The Morgan fingerprint density at radius 3 is 2.50 bits per heavy atom. The molecule has 202 valence electrons. The molecule has 3 aromatic rings. The summed E-state index contributed by atoms with van der Waals surface area (Å²) >= 11 is 0. The van der Waals surface area contributed by atoms with Crippen LogP contribution in [0.15, 0.2) is 60.7 Å². The Hall–Kier alpha value is -3.22. The monoisotopic (exact) mass is 516 g/mol. The molecule has 0 aromatic heterocycles. The number of methoxy groups -OCH3 is 1. The van der Waals surface area contributed by atoms with Gasteiger partial charge in [0.1, 0.15) is 23.9 Å². The van der Waals surface area contributed by atoms with Gasteiger partial charge < -0.3 is 24.6 Å². The van der Waals surface area contributed by atoms with E-state index in [4.69, 9.17) is 9.47 Å². The minimum absolute atomic E-state index is 0.0706. The highest BCUT2D eigenvalue weighted by molar-refractivity contribution is 5.60. The molecule has 6 heteroatoms. The smallest absolute Gasteiger partial charge is 0.120 e. The van der Waals surface area contributed by atoms with Crippen molar-refractivity contribution in [3.8, 4) is 17.2 Å². The number of hydrogen-bond acceptors (Lipinski definition) is 6. The van der Waals surface area contributed by atoms with Crippen LogP contribution in [0.5, 0.6) is 17.2 Å². The highest BCUT2D eigenvalue weighted by Crippen LogP contribution is 2.40. The molecular formula is C32H40N2O4. The molecule has 1 heterocycles. The van der Waals surface area contributed by atoms with Gasteiger partial charge in [-0.15, -0.1) is 0 Å². The summed E-state index contributed by atoms with van der Waals surface area (Å²) < 4.78 is 11.6. The number of phenols is 1. The number of aromatic hydroxyl groups is 1. The molecule has 0 bridgehead atoms. The molecule has 1 aliphatic carbocycles. The molecule has 0 unspecified atom stereocenters. The fourth-order valence-corrected chi connectivity index (χ4v) is 5.89. The zero-order valence-electron chi connectivity index (χ0n) is 22.4. The summed E-state index contributed by atoms with van der Waals surface area (Å²) in [4.78, 5) is 4.72. The maximum Gasteiger partial charge on any atom is 0.120 e. The molecule has 3 aromatic carbocycles. The number of benzene rings is 3. The normalized spacial score (nSPS) is 17.3. The summed E-state index contributed by atoms with van der Waals surface area (Å²) in [6, 6.07) is 20.4. The second kappa shape index (κ2) is 12.5. The third-order valence-corrected chi connectivity index (χ3v) is 7.98. The van der Waals surface area contributed by atoms with E-state index in [2.05, 4.69) is 52.3 Å². The van der Waals surface area contributed by atoms with Gasteiger partial charge in [0.15, 0.2) is 0 Å². The summed E-state index contributed by atoms with van der Waals surface area (Å²) in [5.74, 6) is 2.41. The molecule has 1 fully saturated rings. The number of anilines is 1. The van der Waals surface area contributed by atoms with Crippen molar-refractivity contribution in [2.45, 2.75) is 44.6 Å². The van der Waals surface area contributed by atoms with Gasteiger partial charge in [0.25, 0.3) is 0 Å². The van der Waals surface area contributed by atoms with Crippen molar-refractivity contribution in [1.82, 2.24) is 4.90 Å². The second-order valence-electron chi connectivity index (χ2n) is 10.5. The van der Waals surface area contributed by atoms with Gasteiger partial charge in [-0.2, -0.15) is 0 Å². The lowest BCUT2D eigenvalue weighted by Crippen LogP contribution is -2.28. The molecule has 0 radical (unpaired) electrons. The average Bonchev–Trinajstić information content (AvgIpc) is 3.47. The van der Waals surface area contributed by atoms with Crippen LogP contribution in [0.1, 0.15) is 47.4 Å². The van der Waals surface area contributed by atoms with Crippen molar-refractivity contribution in [3.05, 3.63) is 82.9 Å². The molecule has 38 heavy (non-hydrogen) atoms. The van der Waals surface area contributed by atoms with Crippen LogP contribution in [0, 0.1) is 0 Å². The molecule has 1 aliphatic heterocycles. The zero-order chi connectivity index (χ0) is 26.3. The molecule has 2 N–H and O–H groups in total. The summed E-state index contributed by atoms with van der Waals surface area (Å²) in [6.07, 6.45) is 5.50. The lowest BCUT2D eigenvalue weighted by atomic mass is 9.79. The number of fused-ring (bicyclic) bond motifs is 1. The molecular weight excluding hydrogens is 476 g/mol. The van der Waals surface area contributed by atoms with Crippen molar-refractivity contribution < 1.29 is 19.7 Å². The predicted molar refractivity (Wildman–Crippen MR) is 152 cm³/mol. The molecule has 1 atom stereocenters. The van der Waals surface area contributed by atoms with Gasteiger partial charge in [0.05, 0.1) is 13.7 Å². The molecule has 0 spiro atoms. The van der Waals surface area contributed by atoms with Crippen molar-refractivity contribution in [1.29, 1.82) is 0 Å². The summed E-state index contributed by atoms with van der Waals surface area (Å²) in [7, 11) is 1.70. The quantitative estimate of drug-likeness (QED) is 0.368. The van der Waals surface area contributed by atoms with Crippen LogP contribution in [0.25, 0.3) is 0 Å². The molecule has 1 saturated heterocycles. The Kier molecular flexibility index (Phi) is 8.72. The van der Waals surface area contributed by atoms with Crippen LogP contribution in [-0.4, -0.2) is 61.6 Å². The molecule has 0 amide bonds. The number of rotatable bonds is 11. The van der Waals surface area contributed by atoms with Crippen LogP contribution in [-0.2, 0) is 19.4 Å². The van der Waals surface area contributed by atoms with Gasteiger partial charge in [-0.25, -0.2) is 0 Å². The van der Waals surface area contributed by atoms with Gasteiger partial charge in [-0.3, -0.25) is 4.90 Å². The van der Waals surface area contributed by atoms with E-state index in [9.17, 15) is 10.2 Å². The Morgan fingerprint density at radius 2 is 1.74 bits per heavy atom. The average molecular weight is 517 g/mol. The van der Waals surface area contributed by atoms with Crippen LogP contribution in [0.2, 0.25) is 0 Å². The van der Waals surface area contributed by atoms with E-state index in [0.29, 0.717) is 31.4 Å². The predicted octanol–water partition coefficient (Wildman–Crippen LogP) is 5.15. The van der Waals surface area contributed by atoms with Gasteiger partial charge in [-0.05, 0) is 104 Å². The maximum atomic E-state index is 9.97. The second-order valence-corrected chi connectivity index (χ2v) is 10.5. The zero-order valence-corrected chi connectivity index (χ0v) is 22.4. The fraction of sp³-hybridized carbons (Fsp3) is 0.438. The molecule has 0 saturated carbocycles. The van der Waals surface area contributed by atoms with Gasteiger partial charge >= 0.3 is 0 Å².